The summed E-state index contributed by atoms with van der Waals surface area (Å²) in [5.41, 5.74) is 1.14. The van der Waals surface area contributed by atoms with Gasteiger partial charge in [0.05, 0.1) is 19.8 Å². The molecule has 0 saturated carbocycles. The summed E-state index contributed by atoms with van der Waals surface area (Å²) in [4.78, 5) is 7.03. The monoisotopic (exact) mass is 422 g/mol. The molecular weight excluding hydrogens is 388 g/mol. The highest BCUT2D eigenvalue weighted by molar-refractivity contribution is 7.99. The van der Waals surface area contributed by atoms with E-state index in [0.29, 0.717) is 13.2 Å². The third-order valence-electron chi connectivity index (χ3n) is 5.43. The number of rotatable bonds is 9. The Kier molecular flexibility index (Phi) is 8.92. The van der Waals surface area contributed by atoms with Gasteiger partial charge in [-0.2, -0.15) is 11.8 Å². The summed E-state index contributed by atoms with van der Waals surface area (Å²) < 4.78 is 16.4. The lowest BCUT2D eigenvalue weighted by molar-refractivity contribution is -0.0119. The molecule has 0 bridgehead atoms. The van der Waals surface area contributed by atoms with Crippen molar-refractivity contribution in [1.29, 1.82) is 0 Å². The lowest BCUT2D eigenvalue weighted by atomic mass is 9.95. The van der Waals surface area contributed by atoms with E-state index in [1.807, 2.05) is 43.1 Å². The van der Waals surface area contributed by atoms with Gasteiger partial charge in [-0.15, -0.1) is 0 Å². The maximum absolute atomic E-state index is 5.80. The van der Waals surface area contributed by atoms with Crippen LogP contribution >= 0.6 is 11.8 Å². The first-order chi connectivity index (χ1) is 14.3. The van der Waals surface area contributed by atoms with E-state index in [-0.39, 0.29) is 5.54 Å². The normalized spacial score (nSPS) is 23.2. The van der Waals surface area contributed by atoms with Crippen LogP contribution in [0.1, 0.15) is 12.8 Å². The number of benzene rings is 1. The second kappa shape index (κ2) is 11.6. The van der Waals surface area contributed by atoms with Crippen LogP contribution in [-0.4, -0.2) is 88.1 Å². The first-order valence-corrected chi connectivity index (χ1v) is 11.5. The van der Waals surface area contributed by atoms with Gasteiger partial charge in [-0.25, -0.2) is 0 Å². The average Bonchev–Trinajstić information content (AvgIpc) is 3.25. The van der Waals surface area contributed by atoms with Gasteiger partial charge < -0.3 is 24.8 Å². The maximum Gasteiger partial charge on any atom is 0.195 e. The molecular formula is C21H34N4O3S. The van der Waals surface area contributed by atoms with Gasteiger partial charge in [0, 0.05) is 69.9 Å². The summed E-state index contributed by atoms with van der Waals surface area (Å²) in [7, 11) is 3.52. The van der Waals surface area contributed by atoms with E-state index in [2.05, 4.69) is 20.5 Å². The summed E-state index contributed by atoms with van der Waals surface area (Å²) in [5.74, 6) is 4.00. The first kappa shape index (κ1) is 22.2. The molecule has 1 atom stereocenters. The molecule has 7 nitrogen and oxygen atoms in total. The molecule has 2 heterocycles. The van der Waals surface area contributed by atoms with Crippen molar-refractivity contribution in [2.24, 2.45) is 4.99 Å². The third kappa shape index (κ3) is 6.50. The van der Waals surface area contributed by atoms with E-state index < -0.39 is 0 Å². The molecule has 0 radical (unpaired) electrons. The summed E-state index contributed by atoms with van der Waals surface area (Å²) in [6, 6.07) is 7.99. The fraction of sp³-hybridized carbons (Fsp3) is 0.667. The molecule has 2 saturated heterocycles. The van der Waals surface area contributed by atoms with Crippen molar-refractivity contribution in [3.05, 3.63) is 24.3 Å². The van der Waals surface area contributed by atoms with Crippen molar-refractivity contribution in [2.45, 2.75) is 18.4 Å². The molecule has 3 rings (SSSR count). The van der Waals surface area contributed by atoms with Crippen LogP contribution < -0.4 is 15.4 Å². The number of thioether (sulfide) groups is 1. The van der Waals surface area contributed by atoms with Gasteiger partial charge in [0.2, 0.25) is 0 Å². The molecule has 1 unspecified atom stereocenters. The number of nitrogens with zero attached hydrogens (tertiary/aromatic N) is 2. The molecule has 29 heavy (non-hydrogen) atoms. The van der Waals surface area contributed by atoms with Gasteiger partial charge in [-0.1, -0.05) is 6.07 Å². The van der Waals surface area contributed by atoms with Crippen LogP contribution in [0.3, 0.4) is 0 Å². The summed E-state index contributed by atoms with van der Waals surface area (Å²) in [6.07, 6.45) is 2.07. The van der Waals surface area contributed by atoms with E-state index in [4.69, 9.17) is 14.2 Å². The quantitative estimate of drug-likeness (QED) is 0.360. The van der Waals surface area contributed by atoms with Gasteiger partial charge in [0.25, 0.3) is 0 Å². The minimum Gasteiger partial charge on any atom is -0.493 e. The molecule has 0 spiro atoms. The Bertz CT molecular complexity index is 647. The zero-order valence-corrected chi connectivity index (χ0v) is 18.4. The molecule has 0 aliphatic carbocycles. The maximum atomic E-state index is 5.80. The van der Waals surface area contributed by atoms with E-state index in [0.717, 1.165) is 62.4 Å². The first-order valence-electron chi connectivity index (χ1n) is 10.4. The Labute approximate surface area is 178 Å². The minimum absolute atomic E-state index is 0.179. The van der Waals surface area contributed by atoms with Gasteiger partial charge in [0.15, 0.2) is 5.96 Å². The van der Waals surface area contributed by atoms with Crippen LogP contribution in [0.5, 0.6) is 5.75 Å². The van der Waals surface area contributed by atoms with Crippen LogP contribution in [0.25, 0.3) is 0 Å². The summed E-state index contributed by atoms with van der Waals surface area (Å²) in [6.45, 7) is 5.91. The smallest absolute Gasteiger partial charge is 0.195 e. The Balaban J connectivity index is 1.54. The minimum atomic E-state index is 0.179. The van der Waals surface area contributed by atoms with Crippen LogP contribution in [0, 0.1) is 0 Å². The Morgan fingerprint density at radius 3 is 2.90 bits per heavy atom. The van der Waals surface area contributed by atoms with Crippen LogP contribution in [0.2, 0.25) is 0 Å². The second-order valence-corrected chi connectivity index (χ2v) is 8.50. The summed E-state index contributed by atoms with van der Waals surface area (Å²) >= 11 is 2.04. The van der Waals surface area contributed by atoms with Crippen molar-refractivity contribution in [1.82, 2.24) is 10.2 Å². The molecule has 1 aromatic carbocycles. The highest BCUT2D eigenvalue weighted by Gasteiger charge is 2.40. The van der Waals surface area contributed by atoms with Gasteiger partial charge in [0.1, 0.15) is 5.75 Å². The number of morpholine rings is 1. The SMILES string of the molecule is CN=C(NCC1(N2CCOCC2)CCSC1)Nc1cccc(OCCCOC)c1. The number of aliphatic imine (C=N–C) groups is 1. The molecule has 162 valence electrons. The number of hydrogen-bond donors (Lipinski definition) is 2. The summed E-state index contributed by atoms with van der Waals surface area (Å²) in [5, 5.41) is 6.96. The van der Waals surface area contributed by atoms with E-state index in [1.54, 1.807) is 7.11 Å². The topological polar surface area (TPSA) is 67.4 Å². The standard InChI is InChI=1S/C21H34N4O3S/c1-22-20(24-18-5-3-6-19(15-18)28-11-4-10-26-2)23-16-21(7-14-29-17-21)25-8-12-27-13-9-25/h3,5-6,15H,4,7-14,16-17H2,1-2H3,(H2,22,23,24). The van der Waals surface area contributed by atoms with Gasteiger partial charge in [-0.3, -0.25) is 9.89 Å². The van der Waals surface area contributed by atoms with E-state index in [1.165, 1.54) is 12.2 Å². The predicted molar refractivity (Wildman–Crippen MR) is 120 cm³/mol. The number of nitrogens with one attached hydrogen (secondary N) is 2. The predicted octanol–water partition coefficient (Wildman–Crippen LogP) is 2.30. The second-order valence-electron chi connectivity index (χ2n) is 7.40. The Hall–Kier alpha value is -1.48. The number of guanidine groups is 1. The molecule has 2 N–H and O–H groups in total. The fourth-order valence-corrected chi connectivity index (χ4v) is 5.23. The molecule has 2 aliphatic heterocycles. The van der Waals surface area contributed by atoms with Crippen LogP contribution in [0.15, 0.2) is 29.3 Å². The lowest BCUT2D eigenvalue weighted by Gasteiger charge is -2.43. The van der Waals surface area contributed by atoms with Crippen molar-refractivity contribution in [3.8, 4) is 5.75 Å². The molecule has 2 fully saturated rings. The van der Waals surface area contributed by atoms with Crippen molar-refractivity contribution < 1.29 is 14.2 Å². The Morgan fingerprint density at radius 2 is 2.17 bits per heavy atom. The van der Waals surface area contributed by atoms with Gasteiger partial charge in [-0.05, 0) is 24.3 Å². The van der Waals surface area contributed by atoms with Crippen molar-refractivity contribution in [2.75, 3.05) is 77.0 Å². The van der Waals surface area contributed by atoms with Crippen LogP contribution in [0.4, 0.5) is 5.69 Å². The fourth-order valence-electron chi connectivity index (χ4n) is 3.76. The zero-order chi connectivity index (χ0) is 20.4. The number of ether oxygens (including phenoxy) is 3. The number of methoxy groups -OCH3 is 1. The van der Waals surface area contributed by atoms with Crippen LogP contribution in [-0.2, 0) is 9.47 Å². The molecule has 0 aromatic heterocycles. The molecule has 8 heteroatoms. The molecule has 2 aliphatic rings. The van der Waals surface area contributed by atoms with E-state index >= 15 is 0 Å². The largest absolute Gasteiger partial charge is 0.493 e. The van der Waals surface area contributed by atoms with E-state index in [9.17, 15) is 0 Å². The Morgan fingerprint density at radius 1 is 1.31 bits per heavy atom. The van der Waals surface area contributed by atoms with Crippen molar-refractivity contribution >= 4 is 23.4 Å². The third-order valence-corrected chi connectivity index (χ3v) is 6.67. The molecule has 0 amide bonds. The number of hydrogen-bond acceptors (Lipinski definition) is 6. The highest BCUT2D eigenvalue weighted by Crippen LogP contribution is 2.33. The average molecular weight is 423 g/mol. The molecule has 1 aromatic rings. The van der Waals surface area contributed by atoms with Gasteiger partial charge >= 0.3 is 0 Å². The zero-order valence-electron chi connectivity index (χ0n) is 17.6. The lowest BCUT2D eigenvalue weighted by Crippen LogP contribution is -2.59. The van der Waals surface area contributed by atoms with Crippen molar-refractivity contribution in [3.63, 3.8) is 0 Å². The highest BCUT2D eigenvalue weighted by atomic mass is 32.2. The number of anilines is 1.